The van der Waals surface area contributed by atoms with E-state index in [4.69, 9.17) is 4.74 Å². The minimum Gasteiger partial charge on any atom is -0.393 e. The molecule has 136 valence electrons. The highest BCUT2D eigenvalue weighted by atomic mass is 28.3. The third-order valence-corrected chi connectivity index (χ3v) is 11.6. The Balaban J connectivity index is 2.97. The highest BCUT2D eigenvalue weighted by Gasteiger charge is 2.51. The molecule has 0 aromatic heterocycles. The van der Waals surface area contributed by atoms with E-state index in [0.29, 0.717) is 19.3 Å². The van der Waals surface area contributed by atoms with Gasteiger partial charge in [-0.2, -0.15) is 0 Å². The standard InChI is InChI=1S/C20H34O3Si/c1-7-11-18(22)19(16(2)21)24(6,20(3,4)5)15-23-14-17-12-9-8-10-13-17/h8-10,12-13,16,19,21H,7,11,14-15H2,1-6H3/t16-,19-,24-/m1/s1. The SMILES string of the molecule is CCCC(=O)[C@@H]([C@@H](C)O)[Si@@](C)(COCc1ccccc1)C(C)(C)C. The zero-order valence-corrected chi connectivity index (χ0v) is 17.1. The Hall–Kier alpha value is -0.973. The van der Waals surface area contributed by atoms with Crippen LogP contribution < -0.4 is 0 Å². The second-order valence-electron chi connectivity index (χ2n) is 8.08. The lowest BCUT2D eigenvalue weighted by atomic mass is 10.1. The van der Waals surface area contributed by atoms with Gasteiger partial charge in [0.25, 0.3) is 0 Å². The smallest absolute Gasteiger partial charge is 0.135 e. The average molecular weight is 351 g/mol. The van der Waals surface area contributed by atoms with Crippen molar-refractivity contribution in [3.05, 3.63) is 35.9 Å². The van der Waals surface area contributed by atoms with Gasteiger partial charge in [0.15, 0.2) is 0 Å². The number of hydrogen-bond donors (Lipinski definition) is 1. The lowest BCUT2D eigenvalue weighted by Gasteiger charge is -2.46. The van der Waals surface area contributed by atoms with Gasteiger partial charge in [0.1, 0.15) is 5.78 Å². The van der Waals surface area contributed by atoms with Gasteiger partial charge in [0, 0.05) is 18.2 Å². The molecule has 0 saturated heterocycles. The number of ketones is 1. The zero-order chi connectivity index (χ0) is 18.4. The molecular weight excluding hydrogens is 316 g/mol. The van der Waals surface area contributed by atoms with Crippen LogP contribution in [0.5, 0.6) is 0 Å². The molecular formula is C20H34O3Si. The van der Waals surface area contributed by atoms with E-state index in [1.54, 1.807) is 6.92 Å². The third kappa shape index (κ3) is 5.26. The molecule has 1 aromatic rings. The second kappa shape index (κ2) is 8.93. The highest BCUT2D eigenvalue weighted by Crippen LogP contribution is 2.46. The maximum Gasteiger partial charge on any atom is 0.135 e. The third-order valence-electron chi connectivity index (χ3n) is 5.24. The Labute approximate surface area is 148 Å². The summed E-state index contributed by atoms with van der Waals surface area (Å²) in [4.78, 5) is 12.7. The first-order valence-electron chi connectivity index (χ1n) is 8.96. The van der Waals surface area contributed by atoms with Gasteiger partial charge in [-0.05, 0) is 23.9 Å². The summed E-state index contributed by atoms with van der Waals surface area (Å²) in [5.41, 5.74) is 0.851. The van der Waals surface area contributed by atoms with Crippen LogP contribution in [-0.2, 0) is 16.1 Å². The van der Waals surface area contributed by atoms with Crippen LogP contribution in [0.1, 0.15) is 53.0 Å². The number of carbonyl (C=O) groups excluding carboxylic acids is 1. The van der Waals surface area contributed by atoms with Gasteiger partial charge in [0.05, 0.1) is 20.8 Å². The maximum absolute atomic E-state index is 12.7. The Morgan fingerprint density at radius 3 is 2.29 bits per heavy atom. The first-order chi connectivity index (χ1) is 11.1. The Morgan fingerprint density at radius 2 is 1.83 bits per heavy atom. The van der Waals surface area contributed by atoms with Crippen LogP contribution in [0.4, 0.5) is 0 Å². The van der Waals surface area contributed by atoms with Crippen molar-refractivity contribution in [1.29, 1.82) is 0 Å². The van der Waals surface area contributed by atoms with Crippen LogP contribution >= 0.6 is 0 Å². The fourth-order valence-corrected chi connectivity index (χ4v) is 7.28. The van der Waals surface area contributed by atoms with E-state index in [2.05, 4.69) is 27.3 Å². The van der Waals surface area contributed by atoms with Crippen molar-refractivity contribution in [3.8, 4) is 0 Å². The normalized spacial score (nSPS) is 17.1. The molecule has 3 atom stereocenters. The first-order valence-corrected chi connectivity index (χ1v) is 11.7. The lowest BCUT2D eigenvalue weighted by Crippen LogP contribution is -2.55. The van der Waals surface area contributed by atoms with E-state index >= 15 is 0 Å². The molecule has 0 aliphatic rings. The summed E-state index contributed by atoms with van der Waals surface area (Å²) in [6.07, 6.45) is 1.31. The Morgan fingerprint density at radius 1 is 1.25 bits per heavy atom. The molecule has 0 aliphatic heterocycles. The van der Waals surface area contributed by atoms with Gasteiger partial charge in [-0.15, -0.1) is 0 Å². The average Bonchev–Trinajstić information content (AvgIpc) is 2.47. The second-order valence-corrected chi connectivity index (χ2v) is 13.3. The molecule has 1 aromatic carbocycles. The Bertz CT molecular complexity index is 507. The summed E-state index contributed by atoms with van der Waals surface area (Å²) in [6, 6.07) is 10.1. The van der Waals surface area contributed by atoms with Crippen molar-refractivity contribution in [2.45, 2.75) is 77.3 Å². The van der Waals surface area contributed by atoms with Crippen LogP contribution in [0.2, 0.25) is 17.1 Å². The number of benzene rings is 1. The van der Waals surface area contributed by atoms with Gasteiger partial charge in [-0.3, -0.25) is 4.79 Å². The van der Waals surface area contributed by atoms with Crippen LogP contribution in [-0.4, -0.2) is 31.3 Å². The number of aliphatic hydroxyl groups excluding tert-OH is 1. The molecule has 0 unspecified atom stereocenters. The number of rotatable bonds is 9. The Kier molecular flexibility index (Phi) is 7.84. The summed E-state index contributed by atoms with van der Waals surface area (Å²) >= 11 is 0. The van der Waals surface area contributed by atoms with E-state index < -0.39 is 14.2 Å². The summed E-state index contributed by atoms with van der Waals surface area (Å²) in [7, 11) is -2.22. The van der Waals surface area contributed by atoms with Crippen molar-refractivity contribution in [1.82, 2.24) is 0 Å². The van der Waals surface area contributed by atoms with Crippen LogP contribution in [0, 0.1) is 0 Å². The maximum atomic E-state index is 12.7. The summed E-state index contributed by atoms with van der Waals surface area (Å²) in [6.45, 7) is 13.1. The van der Waals surface area contributed by atoms with Crippen molar-refractivity contribution in [2.75, 3.05) is 6.23 Å². The number of carbonyl (C=O) groups is 1. The van der Waals surface area contributed by atoms with Gasteiger partial charge < -0.3 is 9.84 Å². The van der Waals surface area contributed by atoms with Crippen LogP contribution in [0.15, 0.2) is 30.3 Å². The van der Waals surface area contributed by atoms with E-state index in [1.807, 2.05) is 37.3 Å². The molecule has 0 aliphatic carbocycles. The molecule has 0 fully saturated rings. The quantitative estimate of drug-likeness (QED) is 0.654. The molecule has 1 rings (SSSR count). The van der Waals surface area contributed by atoms with Gasteiger partial charge in [0.2, 0.25) is 0 Å². The molecule has 0 bridgehead atoms. The lowest BCUT2D eigenvalue weighted by molar-refractivity contribution is -0.121. The number of hydrogen-bond acceptors (Lipinski definition) is 3. The largest absolute Gasteiger partial charge is 0.393 e. The van der Waals surface area contributed by atoms with Crippen LogP contribution in [0.25, 0.3) is 0 Å². The minimum atomic E-state index is -2.22. The van der Waals surface area contributed by atoms with Gasteiger partial charge >= 0.3 is 0 Å². The van der Waals surface area contributed by atoms with Crippen molar-refractivity contribution in [3.63, 3.8) is 0 Å². The van der Waals surface area contributed by atoms with E-state index in [-0.39, 0.29) is 16.4 Å². The topological polar surface area (TPSA) is 46.5 Å². The van der Waals surface area contributed by atoms with Crippen LogP contribution in [0.3, 0.4) is 0 Å². The molecule has 3 nitrogen and oxygen atoms in total. The predicted octanol–water partition coefficient (Wildman–Crippen LogP) is 4.74. The molecule has 0 radical (unpaired) electrons. The van der Waals surface area contributed by atoms with Gasteiger partial charge in [-0.25, -0.2) is 0 Å². The van der Waals surface area contributed by atoms with Crippen molar-refractivity contribution in [2.24, 2.45) is 0 Å². The highest BCUT2D eigenvalue weighted by molar-refractivity contribution is 6.85. The fraction of sp³-hybridized carbons (Fsp3) is 0.650. The first kappa shape index (κ1) is 21.1. The number of Topliss-reactive ketones (excluding diaryl/α,β-unsaturated/α-hetero) is 1. The monoisotopic (exact) mass is 350 g/mol. The van der Waals surface area contributed by atoms with Crippen molar-refractivity contribution >= 4 is 13.9 Å². The predicted molar refractivity (Wildman–Crippen MR) is 103 cm³/mol. The van der Waals surface area contributed by atoms with Gasteiger partial charge in [-0.1, -0.05) is 64.6 Å². The summed E-state index contributed by atoms with van der Waals surface area (Å²) in [5, 5.41) is 10.3. The molecule has 24 heavy (non-hydrogen) atoms. The van der Waals surface area contributed by atoms with Crippen molar-refractivity contribution < 1.29 is 14.6 Å². The minimum absolute atomic E-state index is 0.0330. The fourth-order valence-electron chi connectivity index (χ4n) is 3.29. The molecule has 4 heteroatoms. The summed E-state index contributed by atoms with van der Waals surface area (Å²) in [5.74, 6) is 0.194. The molecule has 0 saturated carbocycles. The van der Waals surface area contributed by atoms with E-state index in [0.717, 1.165) is 12.0 Å². The summed E-state index contributed by atoms with van der Waals surface area (Å²) < 4.78 is 6.07. The number of ether oxygens (including phenoxy) is 1. The molecule has 0 amide bonds. The number of aliphatic hydroxyl groups is 1. The van der Waals surface area contributed by atoms with E-state index in [9.17, 15) is 9.90 Å². The molecule has 1 N–H and O–H groups in total. The molecule has 0 spiro atoms. The molecule has 0 heterocycles. The zero-order valence-electron chi connectivity index (χ0n) is 16.1. The van der Waals surface area contributed by atoms with E-state index in [1.165, 1.54) is 0 Å².